The van der Waals surface area contributed by atoms with E-state index in [9.17, 15) is 4.39 Å². The quantitative estimate of drug-likeness (QED) is 0.831. The maximum Gasteiger partial charge on any atom is 0.126 e. The summed E-state index contributed by atoms with van der Waals surface area (Å²) in [6.07, 6.45) is 2.04. The first-order valence-corrected chi connectivity index (χ1v) is 6.70. The summed E-state index contributed by atoms with van der Waals surface area (Å²) in [5.74, 6) is 0.385. The van der Waals surface area contributed by atoms with Crippen LogP contribution in [0.3, 0.4) is 0 Å². The number of hydrogen-bond acceptors (Lipinski definition) is 1. The average Bonchev–Trinajstić information content (AvgIpc) is 2.18. The van der Waals surface area contributed by atoms with E-state index in [0.29, 0.717) is 16.9 Å². The molecule has 1 aromatic rings. The van der Waals surface area contributed by atoms with Gasteiger partial charge in [-0.05, 0) is 48.3 Å². The maximum absolute atomic E-state index is 13.5. The molecule has 0 spiro atoms. The Kier molecular flexibility index (Phi) is 4.92. The average molecular weight is 251 g/mol. The molecule has 0 saturated heterocycles. The first kappa shape index (κ1) is 15.2. The molecule has 0 aromatic heterocycles. The van der Waals surface area contributed by atoms with Gasteiger partial charge in [0.25, 0.3) is 0 Å². The lowest BCUT2D eigenvalue weighted by Gasteiger charge is -2.25. The van der Waals surface area contributed by atoms with Gasteiger partial charge in [0.05, 0.1) is 0 Å². The third-order valence-corrected chi connectivity index (χ3v) is 3.24. The van der Waals surface area contributed by atoms with Crippen molar-refractivity contribution >= 4 is 0 Å². The van der Waals surface area contributed by atoms with E-state index >= 15 is 0 Å². The molecule has 0 aliphatic heterocycles. The van der Waals surface area contributed by atoms with Gasteiger partial charge < -0.3 is 5.73 Å². The smallest absolute Gasteiger partial charge is 0.126 e. The third-order valence-electron chi connectivity index (χ3n) is 3.24. The van der Waals surface area contributed by atoms with Crippen LogP contribution in [0.15, 0.2) is 18.2 Å². The van der Waals surface area contributed by atoms with Gasteiger partial charge >= 0.3 is 0 Å². The Balaban J connectivity index is 2.64. The standard InChI is InChI=1S/C16H26FN/c1-11(10-16(3,4)5)8-15(18)13-7-6-12(2)14(17)9-13/h6-7,9,11,15H,8,10,18H2,1-5H3. The Morgan fingerprint density at radius 2 is 1.89 bits per heavy atom. The highest BCUT2D eigenvalue weighted by Crippen LogP contribution is 2.29. The van der Waals surface area contributed by atoms with Crippen molar-refractivity contribution in [3.05, 3.63) is 35.1 Å². The van der Waals surface area contributed by atoms with Crippen LogP contribution in [0.4, 0.5) is 4.39 Å². The number of nitrogens with two attached hydrogens (primary N) is 1. The number of halogens is 1. The van der Waals surface area contributed by atoms with E-state index in [4.69, 9.17) is 5.73 Å². The third kappa shape index (κ3) is 4.77. The van der Waals surface area contributed by atoms with Crippen LogP contribution in [0.25, 0.3) is 0 Å². The largest absolute Gasteiger partial charge is 0.324 e. The fraction of sp³-hybridized carbons (Fsp3) is 0.625. The van der Waals surface area contributed by atoms with E-state index in [1.807, 2.05) is 6.07 Å². The minimum Gasteiger partial charge on any atom is -0.324 e. The van der Waals surface area contributed by atoms with Gasteiger partial charge in [0.1, 0.15) is 5.82 Å². The highest BCUT2D eigenvalue weighted by Gasteiger charge is 2.18. The lowest BCUT2D eigenvalue weighted by Crippen LogP contribution is -2.18. The lowest BCUT2D eigenvalue weighted by molar-refractivity contribution is 0.286. The molecule has 0 radical (unpaired) electrons. The SMILES string of the molecule is Cc1ccc(C(N)CC(C)CC(C)(C)C)cc1F. The lowest BCUT2D eigenvalue weighted by atomic mass is 9.82. The van der Waals surface area contributed by atoms with E-state index in [1.54, 1.807) is 19.1 Å². The minimum atomic E-state index is -0.161. The summed E-state index contributed by atoms with van der Waals surface area (Å²) in [6.45, 7) is 10.7. The van der Waals surface area contributed by atoms with Crippen molar-refractivity contribution in [3.8, 4) is 0 Å². The predicted molar refractivity (Wildman–Crippen MR) is 75.9 cm³/mol. The van der Waals surface area contributed by atoms with E-state index in [2.05, 4.69) is 27.7 Å². The van der Waals surface area contributed by atoms with Gasteiger partial charge in [-0.1, -0.05) is 39.8 Å². The van der Waals surface area contributed by atoms with Gasteiger partial charge in [0.15, 0.2) is 0 Å². The van der Waals surface area contributed by atoms with Crippen molar-refractivity contribution in [2.24, 2.45) is 17.1 Å². The molecule has 0 amide bonds. The zero-order valence-electron chi connectivity index (χ0n) is 12.3. The second-order valence-electron chi connectivity index (χ2n) is 6.72. The Hall–Kier alpha value is -0.890. The molecule has 0 heterocycles. The second kappa shape index (κ2) is 5.83. The maximum atomic E-state index is 13.5. The zero-order valence-corrected chi connectivity index (χ0v) is 12.3. The molecule has 0 saturated carbocycles. The van der Waals surface area contributed by atoms with Crippen LogP contribution in [0.5, 0.6) is 0 Å². The topological polar surface area (TPSA) is 26.0 Å². The molecule has 0 bridgehead atoms. The minimum absolute atomic E-state index is 0.0718. The number of benzene rings is 1. The molecule has 18 heavy (non-hydrogen) atoms. The van der Waals surface area contributed by atoms with Gasteiger partial charge in [-0.2, -0.15) is 0 Å². The van der Waals surface area contributed by atoms with Crippen molar-refractivity contribution < 1.29 is 4.39 Å². The number of aryl methyl sites for hydroxylation is 1. The summed E-state index contributed by atoms with van der Waals surface area (Å²) < 4.78 is 13.5. The summed E-state index contributed by atoms with van der Waals surface area (Å²) in [4.78, 5) is 0. The van der Waals surface area contributed by atoms with Crippen molar-refractivity contribution in [2.45, 2.75) is 53.5 Å². The van der Waals surface area contributed by atoms with Crippen LogP contribution in [-0.4, -0.2) is 0 Å². The second-order valence-corrected chi connectivity index (χ2v) is 6.72. The van der Waals surface area contributed by atoms with Gasteiger partial charge in [-0.3, -0.25) is 0 Å². The van der Waals surface area contributed by atoms with Crippen molar-refractivity contribution in [3.63, 3.8) is 0 Å². The molecule has 2 unspecified atom stereocenters. The van der Waals surface area contributed by atoms with Gasteiger partial charge in [0, 0.05) is 6.04 Å². The summed E-state index contributed by atoms with van der Waals surface area (Å²) >= 11 is 0. The van der Waals surface area contributed by atoms with Crippen LogP contribution in [0, 0.1) is 24.1 Å². The Morgan fingerprint density at radius 1 is 1.28 bits per heavy atom. The van der Waals surface area contributed by atoms with E-state index in [-0.39, 0.29) is 11.9 Å². The molecular weight excluding hydrogens is 225 g/mol. The first-order valence-electron chi connectivity index (χ1n) is 6.70. The van der Waals surface area contributed by atoms with Crippen LogP contribution < -0.4 is 5.73 Å². The highest BCUT2D eigenvalue weighted by atomic mass is 19.1. The van der Waals surface area contributed by atoms with E-state index < -0.39 is 0 Å². The fourth-order valence-corrected chi connectivity index (χ4v) is 2.54. The zero-order chi connectivity index (χ0) is 13.9. The Morgan fingerprint density at radius 3 is 2.39 bits per heavy atom. The molecule has 0 aliphatic carbocycles. The molecule has 0 fully saturated rings. The number of rotatable bonds is 4. The molecule has 1 aromatic carbocycles. The molecule has 2 heteroatoms. The fourth-order valence-electron chi connectivity index (χ4n) is 2.54. The van der Waals surface area contributed by atoms with Crippen molar-refractivity contribution in [1.82, 2.24) is 0 Å². The molecule has 2 N–H and O–H groups in total. The van der Waals surface area contributed by atoms with E-state index in [1.165, 1.54) is 0 Å². The predicted octanol–water partition coefficient (Wildman–Crippen LogP) is 4.60. The number of hydrogen-bond donors (Lipinski definition) is 1. The van der Waals surface area contributed by atoms with Gasteiger partial charge in [-0.15, -0.1) is 0 Å². The Bertz CT molecular complexity index is 393. The van der Waals surface area contributed by atoms with Crippen molar-refractivity contribution in [2.75, 3.05) is 0 Å². The molecule has 0 aliphatic rings. The van der Waals surface area contributed by atoms with Crippen LogP contribution in [0.2, 0.25) is 0 Å². The Labute approximate surface area is 111 Å². The van der Waals surface area contributed by atoms with Crippen molar-refractivity contribution in [1.29, 1.82) is 0 Å². The summed E-state index contributed by atoms with van der Waals surface area (Å²) in [6, 6.07) is 5.24. The molecular formula is C16H26FN. The normalized spacial score (nSPS) is 15.5. The summed E-state index contributed by atoms with van der Waals surface area (Å²) in [5.41, 5.74) is 8.06. The monoisotopic (exact) mass is 251 g/mol. The molecule has 1 nitrogen and oxygen atoms in total. The van der Waals surface area contributed by atoms with Crippen LogP contribution >= 0.6 is 0 Å². The first-order chi connectivity index (χ1) is 8.19. The van der Waals surface area contributed by atoms with Gasteiger partial charge in [0.2, 0.25) is 0 Å². The van der Waals surface area contributed by atoms with Crippen LogP contribution in [-0.2, 0) is 0 Å². The summed E-state index contributed by atoms with van der Waals surface area (Å²) in [5, 5.41) is 0. The molecule has 2 atom stereocenters. The van der Waals surface area contributed by atoms with Gasteiger partial charge in [-0.25, -0.2) is 4.39 Å². The van der Waals surface area contributed by atoms with E-state index in [0.717, 1.165) is 18.4 Å². The van der Waals surface area contributed by atoms with Crippen LogP contribution in [0.1, 0.15) is 57.7 Å². The molecule has 102 valence electrons. The molecule has 1 rings (SSSR count). The highest BCUT2D eigenvalue weighted by molar-refractivity contribution is 5.25. The summed E-state index contributed by atoms with van der Waals surface area (Å²) in [7, 11) is 0.